The summed E-state index contributed by atoms with van der Waals surface area (Å²) in [6, 6.07) is 13.5. The van der Waals surface area contributed by atoms with Crippen LogP contribution in [0.5, 0.6) is 0 Å². The Morgan fingerprint density at radius 2 is 1.74 bits per heavy atom. The summed E-state index contributed by atoms with van der Waals surface area (Å²) in [7, 11) is 0. The summed E-state index contributed by atoms with van der Waals surface area (Å²) in [6.45, 7) is 6.57. The highest BCUT2D eigenvalue weighted by atomic mass is 19.1. The Morgan fingerprint density at radius 3 is 2.42 bits per heavy atom. The third-order valence-electron chi connectivity index (χ3n) is 6.96. The molecule has 3 aromatic rings. The molecular weight excluding hydrogens is 551 g/mol. The number of benzene rings is 2. The van der Waals surface area contributed by atoms with Crippen molar-refractivity contribution in [1.82, 2.24) is 15.2 Å². The highest BCUT2D eigenvalue weighted by Crippen LogP contribution is 2.38. The first-order valence-electron chi connectivity index (χ1n) is 14.5. The summed E-state index contributed by atoms with van der Waals surface area (Å²) >= 11 is 0. The van der Waals surface area contributed by atoms with Crippen molar-refractivity contribution in [3.05, 3.63) is 66.1 Å². The van der Waals surface area contributed by atoms with Gasteiger partial charge in [0.05, 0.1) is 18.6 Å². The average molecular weight is 595 g/mol. The van der Waals surface area contributed by atoms with Crippen LogP contribution in [-0.2, 0) is 9.59 Å². The molecule has 3 rings (SSSR count). The molecule has 0 saturated heterocycles. The van der Waals surface area contributed by atoms with Crippen molar-refractivity contribution in [2.24, 2.45) is 16.5 Å². The molecule has 0 aliphatic rings. The van der Waals surface area contributed by atoms with Gasteiger partial charge in [-0.15, -0.1) is 0 Å². The Hall–Kier alpha value is -4.22. The first kappa shape index (κ1) is 33.3. The molecular formula is C32H43FN6O4. The summed E-state index contributed by atoms with van der Waals surface area (Å²) in [5.41, 5.74) is 14.1. The molecule has 10 nitrogen and oxygen atoms in total. The molecule has 1 heterocycles. The lowest BCUT2D eigenvalue weighted by Crippen LogP contribution is -2.45. The van der Waals surface area contributed by atoms with Crippen LogP contribution in [0.3, 0.4) is 0 Å². The van der Waals surface area contributed by atoms with E-state index in [1.165, 1.54) is 12.1 Å². The third-order valence-corrected chi connectivity index (χ3v) is 6.96. The van der Waals surface area contributed by atoms with Gasteiger partial charge in [0.2, 0.25) is 11.8 Å². The zero-order valence-electron chi connectivity index (χ0n) is 25.0. The average Bonchev–Trinajstić information content (AvgIpc) is 3.28. The monoisotopic (exact) mass is 594 g/mol. The number of fused-ring (bicyclic) bond motifs is 1. The van der Waals surface area contributed by atoms with Crippen molar-refractivity contribution in [3.63, 3.8) is 0 Å². The summed E-state index contributed by atoms with van der Waals surface area (Å²) in [4.78, 5) is 28.6. The number of aliphatic hydroxyl groups is 2. The molecule has 0 aliphatic carbocycles. The van der Waals surface area contributed by atoms with Crippen LogP contribution in [0.15, 0.2) is 59.6 Å². The number of amides is 2. The third kappa shape index (κ3) is 9.65. The SMILES string of the molecule is CC(C)n1c(/C=C/[C@H](O)C[C@H](O)CC(=O)N[C@@H](C)C(=O)NCCCCN=C(N)N)c(-c2ccc(F)cc2)c2ccccc21. The number of aromatic nitrogens is 1. The van der Waals surface area contributed by atoms with Gasteiger partial charge in [-0.1, -0.05) is 36.4 Å². The first-order valence-corrected chi connectivity index (χ1v) is 14.5. The fourth-order valence-electron chi connectivity index (χ4n) is 4.96. The van der Waals surface area contributed by atoms with E-state index < -0.39 is 24.2 Å². The summed E-state index contributed by atoms with van der Waals surface area (Å²) in [5, 5.41) is 27.5. The van der Waals surface area contributed by atoms with Gasteiger partial charge in [-0.2, -0.15) is 0 Å². The van der Waals surface area contributed by atoms with Crippen LogP contribution in [0.4, 0.5) is 4.39 Å². The number of hydrogen-bond donors (Lipinski definition) is 6. The molecule has 2 aromatic carbocycles. The predicted octanol–water partition coefficient (Wildman–Crippen LogP) is 3.22. The lowest BCUT2D eigenvalue weighted by atomic mass is 10.0. The molecule has 0 aliphatic heterocycles. The maximum absolute atomic E-state index is 13.7. The van der Waals surface area contributed by atoms with Crippen molar-refractivity contribution in [1.29, 1.82) is 0 Å². The molecule has 2 amide bonds. The van der Waals surface area contributed by atoms with Gasteiger partial charge in [-0.05, 0) is 63.5 Å². The Balaban J connectivity index is 1.61. The van der Waals surface area contributed by atoms with Crippen molar-refractivity contribution in [2.75, 3.05) is 13.1 Å². The molecule has 0 radical (unpaired) electrons. The second-order valence-electron chi connectivity index (χ2n) is 10.9. The van der Waals surface area contributed by atoms with Gasteiger partial charge in [-0.3, -0.25) is 14.6 Å². The van der Waals surface area contributed by atoms with Gasteiger partial charge >= 0.3 is 0 Å². The number of carbonyl (C=O) groups is 2. The van der Waals surface area contributed by atoms with E-state index in [2.05, 4.69) is 34.0 Å². The maximum atomic E-state index is 13.7. The molecule has 0 spiro atoms. The topological polar surface area (TPSA) is 168 Å². The molecule has 8 N–H and O–H groups in total. The van der Waals surface area contributed by atoms with Crippen LogP contribution in [0, 0.1) is 5.82 Å². The lowest BCUT2D eigenvalue weighted by molar-refractivity contribution is -0.129. The number of hydrogen-bond acceptors (Lipinski definition) is 5. The number of nitrogens with two attached hydrogens (primary N) is 2. The zero-order chi connectivity index (χ0) is 31.5. The van der Waals surface area contributed by atoms with Gasteiger partial charge in [0, 0.05) is 47.7 Å². The van der Waals surface area contributed by atoms with Crippen molar-refractivity contribution < 1.29 is 24.2 Å². The minimum atomic E-state index is -1.13. The molecule has 0 fully saturated rings. The van der Waals surface area contributed by atoms with Gasteiger partial charge in [0.15, 0.2) is 5.96 Å². The molecule has 0 bridgehead atoms. The molecule has 3 atom stereocenters. The fourth-order valence-corrected chi connectivity index (χ4v) is 4.96. The van der Waals surface area contributed by atoms with E-state index in [1.54, 1.807) is 31.2 Å². The normalized spacial score (nSPS) is 13.7. The number of carbonyl (C=O) groups excluding carboxylic acids is 2. The van der Waals surface area contributed by atoms with Gasteiger partial charge in [-0.25, -0.2) is 4.39 Å². The van der Waals surface area contributed by atoms with E-state index in [1.807, 2.05) is 24.3 Å². The molecule has 232 valence electrons. The second-order valence-corrected chi connectivity index (χ2v) is 10.9. The van der Waals surface area contributed by atoms with E-state index >= 15 is 0 Å². The van der Waals surface area contributed by atoms with Crippen molar-refractivity contribution in [2.45, 2.75) is 70.7 Å². The number of nitrogens with zero attached hydrogens (tertiary/aromatic N) is 2. The van der Waals surface area contributed by atoms with Gasteiger partial charge in [0.1, 0.15) is 11.9 Å². The van der Waals surface area contributed by atoms with Crippen LogP contribution in [0.25, 0.3) is 28.1 Å². The van der Waals surface area contributed by atoms with Gasteiger partial charge in [0.25, 0.3) is 0 Å². The minimum Gasteiger partial charge on any atom is -0.392 e. The van der Waals surface area contributed by atoms with E-state index in [0.717, 1.165) is 27.7 Å². The van der Waals surface area contributed by atoms with Gasteiger partial charge < -0.3 is 36.9 Å². The Morgan fingerprint density at radius 1 is 1.05 bits per heavy atom. The number of aliphatic imine (C=N–C) groups is 1. The van der Waals surface area contributed by atoms with Crippen molar-refractivity contribution >= 4 is 34.8 Å². The van der Waals surface area contributed by atoms with Crippen LogP contribution in [0.1, 0.15) is 58.2 Å². The number of nitrogens with one attached hydrogen (secondary N) is 2. The highest BCUT2D eigenvalue weighted by Gasteiger charge is 2.21. The molecule has 1 aromatic heterocycles. The van der Waals surface area contributed by atoms with E-state index in [0.29, 0.717) is 25.9 Å². The fraction of sp³-hybridized carbons (Fsp3) is 0.406. The lowest BCUT2D eigenvalue weighted by Gasteiger charge is -2.17. The van der Waals surface area contributed by atoms with E-state index in [-0.39, 0.29) is 36.6 Å². The molecule has 0 unspecified atom stereocenters. The summed E-state index contributed by atoms with van der Waals surface area (Å²) < 4.78 is 15.8. The van der Waals surface area contributed by atoms with Crippen LogP contribution < -0.4 is 22.1 Å². The smallest absolute Gasteiger partial charge is 0.242 e. The predicted molar refractivity (Wildman–Crippen MR) is 169 cm³/mol. The number of unbranched alkanes of at least 4 members (excludes halogenated alkanes) is 1. The van der Waals surface area contributed by atoms with Crippen molar-refractivity contribution in [3.8, 4) is 11.1 Å². The molecule has 0 saturated carbocycles. The van der Waals surface area contributed by atoms with E-state index in [9.17, 15) is 24.2 Å². The van der Waals surface area contributed by atoms with Crippen LogP contribution >= 0.6 is 0 Å². The Kier molecular flexibility index (Phi) is 12.3. The zero-order valence-corrected chi connectivity index (χ0v) is 25.0. The van der Waals surface area contributed by atoms with Crippen LogP contribution in [0.2, 0.25) is 0 Å². The number of halogens is 1. The highest BCUT2D eigenvalue weighted by molar-refractivity contribution is 6.01. The summed E-state index contributed by atoms with van der Waals surface area (Å²) in [6.07, 6.45) is 2.26. The van der Waals surface area contributed by atoms with Crippen LogP contribution in [-0.4, -0.2) is 63.9 Å². The molecule has 11 heteroatoms. The number of para-hydroxylation sites is 1. The maximum Gasteiger partial charge on any atom is 0.242 e. The quantitative estimate of drug-likeness (QED) is 0.0897. The minimum absolute atomic E-state index is 0.0251. The van der Waals surface area contributed by atoms with E-state index in [4.69, 9.17) is 11.5 Å². The largest absolute Gasteiger partial charge is 0.392 e. The Bertz CT molecular complexity index is 1430. The summed E-state index contributed by atoms with van der Waals surface area (Å²) in [5.74, 6) is -1.15. The number of rotatable bonds is 15. The molecule has 43 heavy (non-hydrogen) atoms. The number of guanidine groups is 1. The Labute approximate surface area is 251 Å². The second kappa shape index (κ2) is 15.9. The number of aliphatic hydroxyl groups excluding tert-OH is 2. The first-order chi connectivity index (χ1) is 20.5. The standard InChI is InChI=1S/C32H43FN6O4/c1-20(2)39-27-9-5-4-8-26(27)30(22-10-12-23(33)13-11-22)28(39)15-14-24(40)18-25(41)19-29(42)38-21(3)31(43)36-16-6-7-17-37-32(34)35/h4-5,8-15,20-21,24-25,40-41H,6-7,16-19H2,1-3H3,(H,36,43)(H,38,42)(H4,34,35,37)/b15-14+/t21-,24-,25-/m0/s1.